The lowest BCUT2D eigenvalue weighted by Gasteiger charge is -2.22. The SMILES string of the molecule is CC(N)=O.c1ccc2c(c1)N1OC1C21CCCC1. The normalized spacial score (nSPS) is 25.2. The Balaban J connectivity index is 0.000000223. The molecule has 0 aromatic heterocycles. The van der Waals surface area contributed by atoms with Crippen LogP contribution >= 0.6 is 0 Å². The number of amides is 1. The van der Waals surface area contributed by atoms with Crippen molar-refractivity contribution in [2.45, 2.75) is 44.2 Å². The van der Waals surface area contributed by atoms with Gasteiger partial charge in [0, 0.05) is 12.3 Å². The summed E-state index contributed by atoms with van der Waals surface area (Å²) in [5.74, 6) is -0.333. The number of benzene rings is 1. The summed E-state index contributed by atoms with van der Waals surface area (Å²) in [5, 5.41) is 2.10. The van der Waals surface area contributed by atoms with E-state index in [1.807, 2.05) is 0 Å². The number of anilines is 1. The Labute approximate surface area is 107 Å². The van der Waals surface area contributed by atoms with Crippen LogP contribution in [0, 0.1) is 0 Å². The van der Waals surface area contributed by atoms with Gasteiger partial charge in [0.2, 0.25) is 5.91 Å². The van der Waals surface area contributed by atoms with Gasteiger partial charge in [0.25, 0.3) is 0 Å². The summed E-state index contributed by atoms with van der Waals surface area (Å²) in [4.78, 5) is 14.9. The Hall–Kier alpha value is -1.55. The average molecular weight is 246 g/mol. The summed E-state index contributed by atoms with van der Waals surface area (Å²) in [6.07, 6.45) is 5.72. The molecule has 4 nitrogen and oxygen atoms in total. The van der Waals surface area contributed by atoms with Gasteiger partial charge in [-0.05, 0) is 24.5 Å². The van der Waals surface area contributed by atoms with Crippen LogP contribution in [0.4, 0.5) is 5.69 Å². The molecule has 2 N–H and O–H groups in total. The molecule has 2 aliphatic heterocycles. The molecule has 2 heterocycles. The number of nitrogens with two attached hydrogens (primary N) is 1. The van der Waals surface area contributed by atoms with Crippen molar-refractivity contribution in [3.05, 3.63) is 29.8 Å². The second-order valence-corrected chi connectivity index (χ2v) is 5.27. The summed E-state index contributed by atoms with van der Waals surface area (Å²) in [7, 11) is 0. The molecule has 4 rings (SSSR count). The number of hydrogen-bond acceptors (Lipinski definition) is 3. The highest BCUT2D eigenvalue weighted by Gasteiger charge is 2.62. The zero-order valence-electron chi connectivity index (χ0n) is 10.6. The zero-order chi connectivity index (χ0) is 12.8. The van der Waals surface area contributed by atoms with E-state index in [1.54, 1.807) is 0 Å². The molecule has 0 bridgehead atoms. The maximum Gasteiger partial charge on any atom is 0.214 e. The Morgan fingerprint density at radius 1 is 1.39 bits per heavy atom. The van der Waals surface area contributed by atoms with E-state index in [4.69, 9.17) is 4.84 Å². The van der Waals surface area contributed by atoms with Crippen molar-refractivity contribution in [2.24, 2.45) is 5.73 Å². The predicted molar refractivity (Wildman–Crippen MR) is 68.8 cm³/mol. The summed E-state index contributed by atoms with van der Waals surface area (Å²) >= 11 is 0. The van der Waals surface area contributed by atoms with Gasteiger partial charge in [0.05, 0.1) is 5.69 Å². The van der Waals surface area contributed by atoms with Crippen LogP contribution in [0.2, 0.25) is 0 Å². The number of primary amides is 1. The zero-order valence-corrected chi connectivity index (χ0v) is 10.6. The van der Waals surface area contributed by atoms with Crippen LogP contribution in [0.3, 0.4) is 0 Å². The van der Waals surface area contributed by atoms with Gasteiger partial charge < -0.3 is 5.73 Å². The highest BCUT2D eigenvalue weighted by Crippen LogP contribution is 2.60. The van der Waals surface area contributed by atoms with E-state index in [1.165, 1.54) is 43.9 Å². The molecule has 1 atom stereocenters. The largest absolute Gasteiger partial charge is 0.370 e. The fourth-order valence-corrected chi connectivity index (χ4v) is 3.33. The van der Waals surface area contributed by atoms with Crippen molar-refractivity contribution in [3.8, 4) is 0 Å². The van der Waals surface area contributed by atoms with E-state index >= 15 is 0 Å². The van der Waals surface area contributed by atoms with Crippen LogP contribution in [-0.2, 0) is 15.0 Å². The van der Waals surface area contributed by atoms with E-state index < -0.39 is 0 Å². The first-order valence-corrected chi connectivity index (χ1v) is 6.47. The summed E-state index contributed by atoms with van der Waals surface area (Å²) in [6, 6.07) is 8.73. The molecular formula is C14H18N2O2. The Morgan fingerprint density at radius 3 is 2.67 bits per heavy atom. The molecule has 4 heteroatoms. The van der Waals surface area contributed by atoms with E-state index in [9.17, 15) is 4.79 Å². The van der Waals surface area contributed by atoms with Crippen LogP contribution in [0.1, 0.15) is 38.2 Å². The Morgan fingerprint density at radius 2 is 2.00 bits per heavy atom. The molecule has 1 aromatic rings. The minimum absolute atomic E-state index is 0.333. The molecule has 1 aromatic carbocycles. The number of nitrogens with zero attached hydrogens (tertiary/aromatic N) is 1. The molecule has 1 amide bonds. The number of para-hydroxylation sites is 1. The van der Waals surface area contributed by atoms with Crippen LogP contribution in [0.5, 0.6) is 0 Å². The van der Waals surface area contributed by atoms with Gasteiger partial charge in [-0.3, -0.25) is 4.79 Å². The molecule has 1 spiro atoms. The van der Waals surface area contributed by atoms with Gasteiger partial charge in [0.1, 0.15) is 0 Å². The Bertz CT molecular complexity index is 476. The molecule has 1 aliphatic carbocycles. The van der Waals surface area contributed by atoms with Crippen molar-refractivity contribution in [1.29, 1.82) is 0 Å². The molecule has 0 radical (unpaired) electrons. The molecule has 18 heavy (non-hydrogen) atoms. The van der Waals surface area contributed by atoms with Crippen molar-refractivity contribution < 1.29 is 9.63 Å². The number of fused-ring (bicyclic) bond motifs is 5. The number of carbonyl (C=O) groups is 1. The minimum Gasteiger partial charge on any atom is -0.370 e. The highest BCUT2D eigenvalue weighted by atomic mass is 16.8. The second kappa shape index (κ2) is 3.99. The van der Waals surface area contributed by atoms with Crippen molar-refractivity contribution in [3.63, 3.8) is 0 Å². The fourth-order valence-electron chi connectivity index (χ4n) is 3.33. The number of rotatable bonds is 0. The van der Waals surface area contributed by atoms with E-state index in [0.717, 1.165) is 0 Å². The molecule has 1 saturated carbocycles. The van der Waals surface area contributed by atoms with E-state index in [2.05, 4.69) is 35.1 Å². The van der Waals surface area contributed by atoms with Crippen LogP contribution in [-0.4, -0.2) is 12.1 Å². The summed E-state index contributed by atoms with van der Waals surface area (Å²) in [6.45, 7) is 1.31. The Kier molecular flexibility index (Phi) is 2.55. The van der Waals surface area contributed by atoms with E-state index in [-0.39, 0.29) is 5.91 Å². The smallest absolute Gasteiger partial charge is 0.214 e. The molecule has 1 unspecified atom stereocenters. The topological polar surface area (TPSA) is 58.6 Å². The van der Waals surface area contributed by atoms with Crippen LogP contribution in [0.15, 0.2) is 24.3 Å². The second-order valence-electron chi connectivity index (χ2n) is 5.27. The number of carbonyl (C=O) groups excluding carboxylic acids is 1. The third-order valence-corrected chi connectivity index (χ3v) is 4.03. The van der Waals surface area contributed by atoms with Gasteiger partial charge in [-0.1, -0.05) is 31.0 Å². The number of hydroxylamine groups is 1. The predicted octanol–water partition coefficient (Wildman–Crippen LogP) is 2.08. The van der Waals surface area contributed by atoms with Crippen molar-refractivity contribution in [2.75, 3.05) is 5.06 Å². The van der Waals surface area contributed by atoms with E-state index in [0.29, 0.717) is 11.6 Å². The summed E-state index contributed by atoms with van der Waals surface area (Å²) in [5.41, 5.74) is 7.68. The lowest BCUT2D eigenvalue weighted by Crippen LogP contribution is -2.26. The van der Waals surface area contributed by atoms with Gasteiger partial charge in [0.15, 0.2) is 6.23 Å². The van der Waals surface area contributed by atoms with Crippen molar-refractivity contribution >= 4 is 11.6 Å². The fraction of sp³-hybridized carbons (Fsp3) is 0.500. The molecule has 1 saturated heterocycles. The first kappa shape index (κ1) is 11.5. The van der Waals surface area contributed by atoms with Gasteiger partial charge in [-0.2, -0.15) is 0 Å². The lowest BCUT2D eigenvalue weighted by molar-refractivity contribution is -0.115. The molecule has 3 aliphatic rings. The lowest BCUT2D eigenvalue weighted by atomic mass is 9.80. The standard InChI is InChI=1S/C12H13NO.C2H5NO/c1-2-6-10-9(5-1)12(7-3-4-8-12)11-13(10)14-11;1-2(3)4/h1-2,5-6,11H,3-4,7-8H2;1H3,(H2,3,4). The third-order valence-electron chi connectivity index (χ3n) is 4.03. The van der Waals surface area contributed by atoms with Gasteiger partial charge in [-0.15, -0.1) is 0 Å². The van der Waals surface area contributed by atoms with Gasteiger partial charge >= 0.3 is 0 Å². The average Bonchev–Trinajstić information content (AvgIpc) is 2.92. The number of hydrogen-bond donors (Lipinski definition) is 1. The highest BCUT2D eigenvalue weighted by molar-refractivity contribution is 5.70. The van der Waals surface area contributed by atoms with Crippen molar-refractivity contribution in [1.82, 2.24) is 0 Å². The molecule has 96 valence electrons. The first-order chi connectivity index (χ1) is 8.65. The van der Waals surface area contributed by atoms with Crippen LogP contribution < -0.4 is 10.8 Å². The monoisotopic (exact) mass is 246 g/mol. The third kappa shape index (κ3) is 1.60. The van der Waals surface area contributed by atoms with Crippen LogP contribution in [0.25, 0.3) is 0 Å². The summed E-state index contributed by atoms with van der Waals surface area (Å²) < 4.78 is 0. The van der Waals surface area contributed by atoms with Gasteiger partial charge in [-0.25, -0.2) is 9.90 Å². The maximum absolute atomic E-state index is 9.22. The molecular weight excluding hydrogens is 228 g/mol. The molecule has 2 fully saturated rings. The minimum atomic E-state index is -0.333. The first-order valence-electron chi connectivity index (χ1n) is 6.47. The quantitative estimate of drug-likeness (QED) is 0.713. The maximum atomic E-state index is 9.22.